The third kappa shape index (κ3) is 2.22. The molecule has 2 aromatic carbocycles. The summed E-state index contributed by atoms with van der Waals surface area (Å²) in [5.74, 6) is 0.363. The number of imidazole rings is 1. The van der Waals surface area contributed by atoms with Gasteiger partial charge in [0.2, 0.25) is 5.95 Å². The van der Waals surface area contributed by atoms with E-state index in [9.17, 15) is 0 Å². The predicted octanol–water partition coefficient (Wildman–Crippen LogP) is 2.63. The minimum atomic E-state index is 0.363. The first-order valence-corrected chi connectivity index (χ1v) is 6.50. The number of nitrogens with zero attached hydrogens (tertiary/aromatic N) is 3. The fraction of sp³-hybridized carbons (Fsp3) is 0.125. The number of hydrogen-bond donors (Lipinski definition) is 1. The molecule has 0 fully saturated rings. The molecule has 1 aromatic heterocycles. The second-order valence-electron chi connectivity index (χ2n) is 4.69. The van der Waals surface area contributed by atoms with E-state index in [1.807, 2.05) is 41.0 Å². The van der Waals surface area contributed by atoms with E-state index >= 15 is 0 Å². The van der Waals surface area contributed by atoms with Crippen LogP contribution in [0.3, 0.4) is 0 Å². The van der Waals surface area contributed by atoms with Crippen LogP contribution in [-0.2, 0) is 11.3 Å². The molecular formula is C16H14N4O. The number of nitrogen functional groups attached to an aromatic ring is 1. The number of aromatic nitrogens is 2. The third-order valence-electron chi connectivity index (χ3n) is 3.31. The second-order valence-corrected chi connectivity index (χ2v) is 4.69. The minimum Gasteiger partial charge on any atom is -0.380 e. The number of nitriles is 1. The number of ether oxygens (including phenoxy) is 1. The summed E-state index contributed by atoms with van der Waals surface area (Å²) in [5.41, 5.74) is 9.96. The topological polar surface area (TPSA) is 76.9 Å². The Morgan fingerprint density at radius 3 is 2.86 bits per heavy atom. The first-order valence-electron chi connectivity index (χ1n) is 6.50. The molecule has 0 atom stereocenters. The molecule has 1 heterocycles. The van der Waals surface area contributed by atoms with E-state index in [1.165, 1.54) is 0 Å². The SMILES string of the molecule is COCc1cccc(-n2c(N)nc3c(C#N)cccc32)c1. The van der Waals surface area contributed by atoms with E-state index in [2.05, 4.69) is 11.1 Å². The maximum absolute atomic E-state index is 9.16. The summed E-state index contributed by atoms with van der Waals surface area (Å²) in [6.07, 6.45) is 0. The van der Waals surface area contributed by atoms with Crippen LogP contribution in [0.2, 0.25) is 0 Å². The Morgan fingerprint density at radius 2 is 2.10 bits per heavy atom. The highest BCUT2D eigenvalue weighted by molar-refractivity contribution is 5.85. The van der Waals surface area contributed by atoms with Crippen LogP contribution in [0.1, 0.15) is 11.1 Å². The van der Waals surface area contributed by atoms with Gasteiger partial charge in [-0.3, -0.25) is 4.57 Å². The maximum Gasteiger partial charge on any atom is 0.205 e. The zero-order valence-electron chi connectivity index (χ0n) is 11.6. The largest absolute Gasteiger partial charge is 0.380 e. The Hall–Kier alpha value is -2.84. The smallest absolute Gasteiger partial charge is 0.205 e. The van der Waals surface area contributed by atoms with E-state index < -0.39 is 0 Å². The van der Waals surface area contributed by atoms with Gasteiger partial charge in [-0.05, 0) is 29.8 Å². The molecule has 21 heavy (non-hydrogen) atoms. The lowest BCUT2D eigenvalue weighted by atomic mass is 10.2. The highest BCUT2D eigenvalue weighted by atomic mass is 16.5. The number of benzene rings is 2. The molecular weight excluding hydrogens is 264 g/mol. The van der Waals surface area contributed by atoms with Gasteiger partial charge in [0.25, 0.3) is 0 Å². The highest BCUT2D eigenvalue weighted by Gasteiger charge is 2.13. The van der Waals surface area contributed by atoms with Gasteiger partial charge < -0.3 is 10.5 Å². The van der Waals surface area contributed by atoms with Crippen LogP contribution in [-0.4, -0.2) is 16.7 Å². The first kappa shape index (κ1) is 13.2. The molecule has 0 aliphatic heterocycles. The van der Waals surface area contributed by atoms with Gasteiger partial charge in [-0.25, -0.2) is 4.98 Å². The molecule has 104 valence electrons. The van der Waals surface area contributed by atoms with Gasteiger partial charge in [0.1, 0.15) is 11.6 Å². The van der Waals surface area contributed by atoms with Crippen molar-refractivity contribution in [3.05, 3.63) is 53.6 Å². The number of rotatable bonds is 3. The van der Waals surface area contributed by atoms with Gasteiger partial charge >= 0.3 is 0 Å². The van der Waals surface area contributed by atoms with Crippen molar-refractivity contribution in [2.75, 3.05) is 12.8 Å². The molecule has 0 saturated carbocycles. The third-order valence-corrected chi connectivity index (χ3v) is 3.31. The molecule has 0 unspecified atom stereocenters. The van der Waals surface area contributed by atoms with Crippen molar-refractivity contribution in [2.24, 2.45) is 0 Å². The Kier molecular flexibility index (Phi) is 3.30. The summed E-state index contributed by atoms with van der Waals surface area (Å²) < 4.78 is 7.00. The molecule has 3 aromatic rings. The molecule has 0 aliphatic carbocycles. The molecule has 0 amide bonds. The van der Waals surface area contributed by atoms with E-state index in [0.29, 0.717) is 23.6 Å². The molecule has 5 heteroatoms. The number of anilines is 1. The van der Waals surface area contributed by atoms with Crippen molar-refractivity contribution in [2.45, 2.75) is 6.61 Å². The van der Waals surface area contributed by atoms with E-state index in [0.717, 1.165) is 16.8 Å². The van der Waals surface area contributed by atoms with Crippen LogP contribution in [0.25, 0.3) is 16.7 Å². The number of para-hydroxylation sites is 1. The number of fused-ring (bicyclic) bond motifs is 1. The summed E-state index contributed by atoms with van der Waals surface area (Å²) in [5, 5.41) is 9.16. The van der Waals surface area contributed by atoms with Crippen LogP contribution < -0.4 is 5.73 Å². The van der Waals surface area contributed by atoms with Crippen molar-refractivity contribution in [1.29, 1.82) is 5.26 Å². The lowest BCUT2D eigenvalue weighted by Crippen LogP contribution is -2.01. The zero-order valence-corrected chi connectivity index (χ0v) is 11.6. The Bertz CT molecular complexity index is 845. The van der Waals surface area contributed by atoms with Crippen LogP contribution in [0.5, 0.6) is 0 Å². The van der Waals surface area contributed by atoms with Crippen molar-refractivity contribution >= 4 is 17.0 Å². The predicted molar refractivity (Wildman–Crippen MR) is 80.9 cm³/mol. The fourth-order valence-corrected chi connectivity index (χ4v) is 2.43. The van der Waals surface area contributed by atoms with E-state index in [1.54, 1.807) is 13.2 Å². The quantitative estimate of drug-likeness (QED) is 0.799. The second kappa shape index (κ2) is 5.27. The normalized spacial score (nSPS) is 10.7. The molecule has 0 spiro atoms. The molecule has 0 radical (unpaired) electrons. The Morgan fingerprint density at radius 1 is 1.29 bits per heavy atom. The number of nitrogens with two attached hydrogens (primary N) is 1. The van der Waals surface area contributed by atoms with Gasteiger partial charge in [0.05, 0.1) is 17.7 Å². The fourth-order valence-electron chi connectivity index (χ4n) is 2.43. The lowest BCUT2D eigenvalue weighted by molar-refractivity contribution is 0.185. The average Bonchev–Trinajstić information content (AvgIpc) is 2.83. The van der Waals surface area contributed by atoms with Crippen molar-refractivity contribution < 1.29 is 4.74 Å². The maximum atomic E-state index is 9.16. The summed E-state index contributed by atoms with van der Waals surface area (Å²) >= 11 is 0. The van der Waals surface area contributed by atoms with Crippen LogP contribution >= 0.6 is 0 Å². The minimum absolute atomic E-state index is 0.363. The Labute approximate surface area is 122 Å². The Balaban J connectivity index is 2.23. The van der Waals surface area contributed by atoms with Crippen LogP contribution in [0, 0.1) is 11.3 Å². The number of methoxy groups -OCH3 is 1. The summed E-state index contributed by atoms with van der Waals surface area (Å²) in [6, 6.07) is 15.5. The van der Waals surface area contributed by atoms with E-state index in [-0.39, 0.29) is 0 Å². The zero-order chi connectivity index (χ0) is 14.8. The lowest BCUT2D eigenvalue weighted by Gasteiger charge is -2.08. The molecule has 0 saturated heterocycles. The summed E-state index contributed by atoms with van der Waals surface area (Å²) in [6.45, 7) is 0.532. The summed E-state index contributed by atoms with van der Waals surface area (Å²) in [7, 11) is 1.66. The average molecular weight is 278 g/mol. The van der Waals surface area contributed by atoms with Crippen LogP contribution in [0.15, 0.2) is 42.5 Å². The first-order chi connectivity index (χ1) is 10.2. The van der Waals surface area contributed by atoms with Gasteiger partial charge in [0, 0.05) is 12.8 Å². The van der Waals surface area contributed by atoms with Gasteiger partial charge in [-0.2, -0.15) is 5.26 Å². The van der Waals surface area contributed by atoms with Crippen LogP contribution in [0.4, 0.5) is 5.95 Å². The summed E-state index contributed by atoms with van der Waals surface area (Å²) in [4.78, 5) is 4.32. The van der Waals surface area contributed by atoms with Gasteiger partial charge in [0.15, 0.2) is 0 Å². The van der Waals surface area contributed by atoms with Crippen molar-refractivity contribution in [3.8, 4) is 11.8 Å². The van der Waals surface area contributed by atoms with Gasteiger partial charge in [-0.15, -0.1) is 0 Å². The number of hydrogen-bond acceptors (Lipinski definition) is 4. The standard InChI is InChI=1S/C16H14N4O/c1-21-10-11-4-2-6-13(8-11)20-14-7-3-5-12(9-17)15(14)19-16(20)18/h2-8H,10H2,1H3,(H2,18,19). The van der Waals surface area contributed by atoms with Crippen molar-refractivity contribution in [1.82, 2.24) is 9.55 Å². The molecule has 3 rings (SSSR count). The van der Waals surface area contributed by atoms with Gasteiger partial charge in [-0.1, -0.05) is 18.2 Å². The molecule has 5 nitrogen and oxygen atoms in total. The molecule has 2 N–H and O–H groups in total. The monoisotopic (exact) mass is 278 g/mol. The molecule has 0 bridgehead atoms. The van der Waals surface area contributed by atoms with Crippen molar-refractivity contribution in [3.63, 3.8) is 0 Å². The van der Waals surface area contributed by atoms with E-state index in [4.69, 9.17) is 15.7 Å². The highest BCUT2D eigenvalue weighted by Crippen LogP contribution is 2.25. The molecule has 0 aliphatic rings.